The average molecular weight is 322 g/mol. The number of hydrogen-bond donors (Lipinski definition) is 1. The van der Waals surface area contributed by atoms with Gasteiger partial charge in [0.05, 0.1) is 0 Å². The van der Waals surface area contributed by atoms with Crippen LogP contribution in [0.1, 0.15) is 36.0 Å². The van der Waals surface area contributed by atoms with Crippen molar-refractivity contribution >= 4 is 22.6 Å². The topological polar surface area (TPSA) is 49.4 Å². The van der Waals surface area contributed by atoms with Gasteiger partial charge in [0.2, 0.25) is 5.91 Å². The van der Waals surface area contributed by atoms with Crippen LogP contribution in [0.2, 0.25) is 0 Å². The van der Waals surface area contributed by atoms with Crippen LogP contribution in [0.5, 0.6) is 0 Å². The molecule has 1 aliphatic heterocycles. The second kappa shape index (κ2) is 6.27. The Morgan fingerprint density at radius 1 is 0.917 bits per heavy atom. The van der Waals surface area contributed by atoms with Gasteiger partial charge in [-0.15, -0.1) is 0 Å². The lowest BCUT2D eigenvalue weighted by Crippen LogP contribution is -2.47. The minimum absolute atomic E-state index is 0.0150. The molecule has 2 aromatic carbocycles. The van der Waals surface area contributed by atoms with Gasteiger partial charge in [0.25, 0.3) is 5.91 Å². The van der Waals surface area contributed by atoms with Crippen LogP contribution in [0.4, 0.5) is 0 Å². The molecule has 0 unspecified atom stereocenters. The number of amides is 2. The third-order valence-electron chi connectivity index (χ3n) is 5.10. The molecule has 4 rings (SSSR count). The lowest BCUT2D eigenvalue weighted by Gasteiger charge is -2.32. The summed E-state index contributed by atoms with van der Waals surface area (Å²) >= 11 is 0. The Hall–Kier alpha value is -2.36. The van der Waals surface area contributed by atoms with Crippen LogP contribution in [0.3, 0.4) is 0 Å². The summed E-state index contributed by atoms with van der Waals surface area (Å²) in [6, 6.07) is 13.9. The van der Waals surface area contributed by atoms with Crippen LogP contribution in [0.15, 0.2) is 42.5 Å². The number of likely N-dealkylation sites (tertiary alicyclic amines) is 1. The van der Waals surface area contributed by atoms with Gasteiger partial charge < -0.3 is 10.2 Å². The van der Waals surface area contributed by atoms with Gasteiger partial charge in [-0.05, 0) is 42.5 Å². The molecule has 1 N–H and O–H groups in total. The van der Waals surface area contributed by atoms with Crippen LogP contribution < -0.4 is 5.32 Å². The maximum Gasteiger partial charge on any atom is 0.252 e. The van der Waals surface area contributed by atoms with Crippen LogP contribution in [0, 0.1) is 5.92 Å². The SMILES string of the molecule is O=C(NC1CCN(C(=O)C2CC2)CC1)c1cccc2ccccc12. The Bertz CT molecular complexity index is 769. The molecule has 2 amide bonds. The van der Waals surface area contributed by atoms with E-state index in [1.165, 1.54) is 0 Å². The van der Waals surface area contributed by atoms with Gasteiger partial charge in [-0.1, -0.05) is 36.4 Å². The highest BCUT2D eigenvalue weighted by molar-refractivity contribution is 6.07. The van der Waals surface area contributed by atoms with E-state index in [1.54, 1.807) is 0 Å². The normalized spacial score (nSPS) is 18.6. The molecular formula is C20H22N2O2. The second-order valence-electron chi connectivity index (χ2n) is 6.87. The number of rotatable bonds is 3. The van der Waals surface area contributed by atoms with Gasteiger partial charge >= 0.3 is 0 Å². The Balaban J connectivity index is 1.40. The summed E-state index contributed by atoms with van der Waals surface area (Å²) in [5, 5.41) is 5.22. The molecule has 0 spiro atoms. The maximum absolute atomic E-state index is 12.7. The fourth-order valence-electron chi connectivity index (χ4n) is 3.52. The van der Waals surface area contributed by atoms with Crippen molar-refractivity contribution in [1.82, 2.24) is 10.2 Å². The summed E-state index contributed by atoms with van der Waals surface area (Å²) < 4.78 is 0. The molecule has 124 valence electrons. The average Bonchev–Trinajstić information content (AvgIpc) is 3.46. The molecule has 2 aromatic rings. The summed E-state index contributed by atoms with van der Waals surface area (Å²) in [4.78, 5) is 26.7. The number of fused-ring (bicyclic) bond motifs is 1. The molecule has 1 saturated carbocycles. The molecule has 0 bridgehead atoms. The van der Waals surface area contributed by atoms with Gasteiger partial charge in [0, 0.05) is 30.6 Å². The minimum Gasteiger partial charge on any atom is -0.349 e. The van der Waals surface area contributed by atoms with E-state index in [4.69, 9.17) is 0 Å². The largest absolute Gasteiger partial charge is 0.349 e. The van der Waals surface area contributed by atoms with E-state index in [2.05, 4.69) is 5.32 Å². The number of hydrogen-bond acceptors (Lipinski definition) is 2. The van der Waals surface area contributed by atoms with Crippen molar-refractivity contribution in [2.45, 2.75) is 31.7 Å². The Morgan fingerprint density at radius 2 is 1.62 bits per heavy atom. The Labute approximate surface area is 141 Å². The first kappa shape index (κ1) is 15.2. The molecule has 2 fully saturated rings. The maximum atomic E-state index is 12.7. The van der Waals surface area contributed by atoms with Crippen molar-refractivity contribution in [3.05, 3.63) is 48.0 Å². The van der Waals surface area contributed by atoms with Crippen molar-refractivity contribution in [2.75, 3.05) is 13.1 Å². The summed E-state index contributed by atoms with van der Waals surface area (Å²) in [6.07, 6.45) is 3.79. The van der Waals surface area contributed by atoms with Crippen molar-refractivity contribution in [2.24, 2.45) is 5.92 Å². The zero-order valence-electron chi connectivity index (χ0n) is 13.7. The molecule has 1 saturated heterocycles. The van der Waals surface area contributed by atoms with E-state index in [-0.39, 0.29) is 17.9 Å². The lowest BCUT2D eigenvalue weighted by molar-refractivity contribution is -0.133. The molecule has 0 aromatic heterocycles. The third-order valence-corrected chi connectivity index (χ3v) is 5.10. The zero-order valence-corrected chi connectivity index (χ0v) is 13.7. The van der Waals surface area contributed by atoms with E-state index in [9.17, 15) is 9.59 Å². The number of carbonyl (C=O) groups excluding carboxylic acids is 2. The van der Waals surface area contributed by atoms with Crippen molar-refractivity contribution in [1.29, 1.82) is 0 Å². The van der Waals surface area contributed by atoms with Crippen LogP contribution in [-0.2, 0) is 4.79 Å². The van der Waals surface area contributed by atoms with E-state index < -0.39 is 0 Å². The fraction of sp³-hybridized carbons (Fsp3) is 0.400. The molecule has 0 atom stereocenters. The van der Waals surface area contributed by atoms with Gasteiger partial charge in [0.15, 0.2) is 0 Å². The first-order valence-electron chi connectivity index (χ1n) is 8.80. The van der Waals surface area contributed by atoms with E-state index in [1.807, 2.05) is 47.4 Å². The highest BCUT2D eigenvalue weighted by atomic mass is 16.2. The monoisotopic (exact) mass is 322 g/mol. The number of piperidine rings is 1. The first-order chi connectivity index (χ1) is 11.7. The molecule has 1 aliphatic carbocycles. The summed E-state index contributed by atoms with van der Waals surface area (Å²) in [5.41, 5.74) is 0.726. The van der Waals surface area contributed by atoms with Gasteiger partial charge in [-0.2, -0.15) is 0 Å². The summed E-state index contributed by atoms with van der Waals surface area (Å²) in [7, 11) is 0. The quantitative estimate of drug-likeness (QED) is 0.944. The van der Waals surface area contributed by atoms with Gasteiger partial charge in [-0.25, -0.2) is 0 Å². The molecular weight excluding hydrogens is 300 g/mol. The highest BCUT2D eigenvalue weighted by Crippen LogP contribution is 2.32. The Morgan fingerprint density at radius 3 is 2.38 bits per heavy atom. The molecule has 4 heteroatoms. The van der Waals surface area contributed by atoms with Crippen molar-refractivity contribution in [3.8, 4) is 0 Å². The van der Waals surface area contributed by atoms with Crippen LogP contribution >= 0.6 is 0 Å². The third kappa shape index (κ3) is 3.01. The number of carbonyl (C=O) groups is 2. The molecule has 24 heavy (non-hydrogen) atoms. The number of nitrogens with one attached hydrogen (secondary N) is 1. The summed E-state index contributed by atoms with van der Waals surface area (Å²) in [6.45, 7) is 1.52. The second-order valence-corrected chi connectivity index (χ2v) is 6.87. The Kier molecular flexibility index (Phi) is 3.97. The predicted octanol–water partition coefficient (Wildman–Crippen LogP) is 2.97. The predicted molar refractivity (Wildman–Crippen MR) is 93.7 cm³/mol. The number of nitrogens with zero attached hydrogens (tertiary/aromatic N) is 1. The van der Waals surface area contributed by atoms with E-state index in [0.29, 0.717) is 5.91 Å². The standard InChI is InChI=1S/C20H22N2O2/c23-19(18-7-3-5-14-4-1-2-6-17(14)18)21-16-10-12-22(13-11-16)20(24)15-8-9-15/h1-7,15-16H,8-13H2,(H,21,23). The van der Waals surface area contributed by atoms with Gasteiger partial charge in [-0.3, -0.25) is 9.59 Å². The molecule has 4 nitrogen and oxygen atoms in total. The minimum atomic E-state index is -0.0150. The fourth-order valence-corrected chi connectivity index (χ4v) is 3.52. The molecule has 2 aliphatic rings. The van der Waals surface area contributed by atoms with E-state index in [0.717, 1.165) is 55.1 Å². The highest BCUT2D eigenvalue weighted by Gasteiger charge is 2.35. The first-order valence-corrected chi connectivity index (χ1v) is 8.80. The number of benzene rings is 2. The molecule has 0 radical (unpaired) electrons. The van der Waals surface area contributed by atoms with Crippen LogP contribution in [0.25, 0.3) is 10.8 Å². The lowest BCUT2D eigenvalue weighted by atomic mass is 10.0. The van der Waals surface area contributed by atoms with Crippen molar-refractivity contribution in [3.63, 3.8) is 0 Å². The smallest absolute Gasteiger partial charge is 0.252 e. The zero-order chi connectivity index (χ0) is 16.5. The van der Waals surface area contributed by atoms with E-state index >= 15 is 0 Å². The van der Waals surface area contributed by atoms with Crippen molar-refractivity contribution < 1.29 is 9.59 Å². The summed E-state index contributed by atoms with van der Waals surface area (Å²) in [5.74, 6) is 0.583. The molecule has 1 heterocycles. The van der Waals surface area contributed by atoms with Gasteiger partial charge in [0.1, 0.15) is 0 Å². The van der Waals surface area contributed by atoms with Crippen LogP contribution in [-0.4, -0.2) is 35.8 Å².